The van der Waals surface area contributed by atoms with Gasteiger partial charge in [0.15, 0.2) is 0 Å². The summed E-state index contributed by atoms with van der Waals surface area (Å²) >= 11 is 0. The Hall–Kier alpha value is -4.15. The molecule has 10 heteroatoms. The minimum Gasteiger partial charge on any atom is -0.446 e. The molecule has 4 fully saturated rings. The highest BCUT2D eigenvalue weighted by Gasteiger charge is 2.43. The van der Waals surface area contributed by atoms with Gasteiger partial charge < -0.3 is 24.3 Å². The van der Waals surface area contributed by atoms with E-state index in [4.69, 9.17) is 4.74 Å². The fraction of sp³-hybridized carbons (Fsp3) is 0.474. The number of urea groups is 1. The van der Waals surface area contributed by atoms with Crippen molar-refractivity contribution in [1.29, 1.82) is 0 Å². The van der Waals surface area contributed by atoms with Crippen LogP contribution in [0, 0.1) is 5.82 Å². The number of fused-ring (bicyclic) bond motifs is 2. The molecule has 0 spiro atoms. The van der Waals surface area contributed by atoms with Gasteiger partial charge in [-0.05, 0) is 68.5 Å². The number of piperazine rings is 1. The second-order valence-electron chi connectivity index (χ2n) is 13.6. The van der Waals surface area contributed by atoms with Gasteiger partial charge in [-0.1, -0.05) is 54.6 Å². The Morgan fingerprint density at radius 2 is 1.52 bits per heavy atom. The topological polar surface area (TPSA) is 71.6 Å². The molecule has 0 radical (unpaired) electrons. The van der Waals surface area contributed by atoms with Gasteiger partial charge in [-0.25, -0.2) is 14.0 Å². The van der Waals surface area contributed by atoms with Crippen LogP contribution in [-0.4, -0.2) is 115 Å². The molecule has 4 heterocycles. The number of likely N-dealkylation sites (tertiary alicyclic amines) is 2. The molecule has 7 rings (SSSR count). The molecule has 3 amide bonds. The average Bonchev–Trinajstić information content (AvgIpc) is 3.81. The van der Waals surface area contributed by atoms with Crippen LogP contribution in [0.4, 0.5) is 25.4 Å². The second kappa shape index (κ2) is 15.0. The third-order valence-electron chi connectivity index (χ3n) is 10.5. The highest BCUT2D eigenvalue weighted by Crippen LogP contribution is 2.35. The SMILES string of the molecule is O=C(Nc1ccccc1-c1ccccc1)OC1CCN(CCCN2CCN(CCCN3C[C@H]4C[C@@H]3CN4c3cccc(F)c3)C2=O)CC1. The molecule has 3 aromatic carbocycles. The van der Waals surface area contributed by atoms with Crippen molar-refractivity contribution < 1.29 is 18.7 Å². The zero-order valence-corrected chi connectivity index (χ0v) is 27.7. The number of hydrogen-bond acceptors (Lipinski definition) is 6. The van der Waals surface area contributed by atoms with Crippen LogP contribution in [0.2, 0.25) is 0 Å². The van der Waals surface area contributed by atoms with E-state index in [1.807, 2.05) is 70.5 Å². The Morgan fingerprint density at radius 3 is 2.25 bits per heavy atom. The number of benzene rings is 3. The van der Waals surface area contributed by atoms with Gasteiger partial charge in [0.25, 0.3) is 0 Å². The van der Waals surface area contributed by atoms with Crippen LogP contribution in [0.15, 0.2) is 78.9 Å². The minimum absolute atomic E-state index is 0.0954. The third kappa shape index (κ3) is 7.60. The predicted octanol–water partition coefficient (Wildman–Crippen LogP) is 5.99. The lowest BCUT2D eigenvalue weighted by Gasteiger charge is -2.35. The van der Waals surface area contributed by atoms with Crippen molar-refractivity contribution >= 4 is 23.5 Å². The number of nitrogens with zero attached hydrogens (tertiary/aromatic N) is 5. The van der Waals surface area contributed by atoms with E-state index in [-0.39, 0.29) is 18.0 Å². The molecule has 0 aliphatic carbocycles. The van der Waals surface area contributed by atoms with E-state index in [2.05, 4.69) is 20.0 Å². The maximum atomic E-state index is 13.7. The Bertz CT molecular complexity index is 1550. The van der Waals surface area contributed by atoms with Gasteiger partial charge in [0.1, 0.15) is 11.9 Å². The fourth-order valence-corrected chi connectivity index (χ4v) is 7.99. The summed E-state index contributed by atoms with van der Waals surface area (Å²) < 4.78 is 19.5. The zero-order chi connectivity index (χ0) is 32.9. The number of hydrogen-bond donors (Lipinski definition) is 1. The fourth-order valence-electron chi connectivity index (χ4n) is 7.99. The molecule has 0 saturated carbocycles. The molecule has 9 nitrogen and oxygen atoms in total. The molecular formula is C38H47FN6O3. The van der Waals surface area contributed by atoms with E-state index in [1.165, 1.54) is 6.07 Å². The number of para-hydroxylation sites is 1. The van der Waals surface area contributed by atoms with Gasteiger partial charge in [0, 0.05) is 82.2 Å². The smallest absolute Gasteiger partial charge is 0.411 e. The minimum atomic E-state index is -0.408. The number of anilines is 2. The maximum Gasteiger partial charge on any atom is 0.411 e. The van der Waals surface area contributed by atoms with Crippen LogP contribution < -0.4 is 10.2 Å². The highest BCUT2D eigenvalue weighted by molar-refractivity contribution is 5.91. The summed E-state index contributed by atoms with van der Waals surface area (Å²) in [6.07, 6.45) is 4.18. The van der Waals surface area contributed by atoms with E-state index in [9.17, 15) is 14.0 Å². The number of amides is 3. The summed E-state index contributed by atoms with van der Waals surface area (Å²) in [4.78, 5) is 37.2. The van der Waals surface area contributed by atoms with E-state index in [0.29, 0.717) is 12.1 Å². The summed E-state index contributed by atoms with van der Waals surface area (Å²) in [6, 6.07) is 25.9. The number of ether oxygens (including phenoxy) is 1. The van der Waals surface area contributed by atoms with E-state index < -0.39 is 6.09 Å². The molecule has 3 aromatic rings. The van der Waals surface area contributed by atoms with Gasteiger partial charge in [0.2, 0.25) is 0 Å². The van der Waals surface area contributed by atoms with Crippen molar-refractivity contribution in [1.82, 2.24) is 19.6 Å². The van der Waals surface area contributed by atoms with Crippen molar-refractivity contribution in [2.24, 2.45) is 0 Å². The molecule has 4 aliphatic heterocycles. The van der Waals surface area contributed by atoms with Crippen LogP contribution in [0.5, 0.6) is 0 Å². The summed E-state index contributed by atoms with van der Waals surface area (Å²) in [5, 5.41) is 2.95. The summed E-state index contributed by atoms with van der Waals surface area (Å²) in [6.45, 7) is 8.87. The van der Waals surface area contributed by atoms with Crippen molar-refractivity contribution in [3.63, 3.8) is 0 Å². The van der Waals surface area contributed by atoms with Crippen LogP contribution in [0.25, 0.3) is 11.1 Å². The number of piperidine rings is 1. The number of carbonyl (C=O) groups excluding carboxylic acids is 2. The van der Waals surface area contributed by atoms with Crippen LogP contribution in [-0.2, 0) is 4.74 Å². The van der Waals surface area contributed by atoms with E-state index in [0.717, 1.165) is 120 Å². The number of halogens is 1. The molecule has 2 atom stereocenters. The summed E-state index contributed by atoms with van der Waals surface area (Å²) in [5.74, 6) is -0.174. The van der Waals surface area contributed by atoms with Crippen LogP contribution in [0.1, 0.15) is 32.1 Å². The first kappa shape index (κ1) is 32.4. The van der Waals surface area contributed by atoms with Gasteiger partial charge in [-0.3, -0.25) is 10.2 Å². The lowest BCUT2D eigenvalue weighted by atomic mass is 10.0. The quantitative estimate of drug-likeness (QED) is 0.259. The first-order valence-electron chi connectivity index (χ1n) is 17.6. The Morgan fingerprint density at radius 1 is 0.792 bits per heavy atom. The number of carbonyl (C=O) groups is 2. The van der Waals surface area contributed by atoms with E-state index in [1.54, 1.807) is 12.1 Å². The molecule has 0 aromatic heterocycles. The largest absolute Gasteiger partial charge is 0.446 e. The van der Waals surface area contributed by atoms with Gasteiger partial charge in [-0.15, -0.1) is 0 Å². The summed E-state index contributed by atoms with van der Waals surface area (Å²) in [5.41, 5.74) is 3.75. The van der Waals surface area contributed by atoms with Crippen molar-refractivity contribution in [3.05, 3.63) is 84.7 Å². The second-order valence-corrected chi connectivity index (χ2v) is 13.6. The molecule has 0 unspecified atom stereocenters. The highest BCUT2D eigenvalue weighted by atomic mass is 19.1. The Labute approximate surface area is 283 Å². The van der Waals surface area contributed by atoms with Crippen molar-refractivity contribution in [3.8, 4) is 11.1 Å². The molecule has 4 aliphatic rings. The monoisotopic (exact) mass is 654 g/mol. The number of rotatable bonds is 12. The lowest BCUT2D eigenvalue weighted by Crippen LogP contribution is -2.47. The standard InChI is InChI=1S/C38H47FN6O3/c39-30-11-6-12-31(25-30)45-28-32-26-33(45)27-44(32)20-8-19-43-24-23-42(38(43)47)18-7-17-41-21-15-34(16-22-41)48-37(46)40-36-14-5-4-13-35(36)29-9-2-1-3-10-29/h1-6,9-14,25,32-34H,7-8,15-24,26-28H2,(H,40,46)/t32-,33-/m1/s1. The molecule has 2 bridgehead atoms. The van der Waals surface area contributed by atoms with Crippen molar-refractivity contribution in [2.75, 3.05) is 75.7 Å². The predicted molar refractivity (Wildman–Crippen MR) is 187 cm³/mol. The van der Waals surface area contributed by atoms with Crippen molar-refractivity contribution in [2.45, 2.75) is 50.3 Å². The molecule has 254 valence electrons. The lowest BCUT2D eigenvalue weighted by molar-refractivity contribution is 0.0581. The Balaban J connectivity index is 0.765. The first-order valence-corrected chi connectivity index (χ1v) is 17.6. The first-order chi connectivity index (χ1) is 23.5. The van der Waals surface area contributed by atoms with Gasteiger partial charge in [0.05, 0.1) is 5.69 Å². The van der Waals surface area contributed by atoms with Crippen LogP contribution in [0.3, 0.4) is 0 Å². The third-order valence-corrected chi connectivity index (χ3v) is 10.5. The maximum absolute atomic E-state index is 13.7. The van der Waals surface area contributed by atoms with Gasteiger partial charge in [-0.2, -0.15) is 0 Å². The zero-order valence-electron chi connectivity index (χ0n) is 27.7. The van der Waals surface area contributed by atoms with E-state index >= 15 is 0 Å². The molecule has 1 N–H and O–H groups in total. The molecular weight excluding hydrogens is 607 g/mol. The number of nitrogens with one attached hydrogen (secondary N) is 1. The van der Waals surface area contributed by atoms with Gasteiger partial charge >= 0.3 is 12.1 Å². The summed E-state index contributed by atoms with van der Waals surface area (Å²) in [7, 11) is 0. The molecule has 48 heavy (non-hydrogen) atoms. The Kier molecular flexibility index (Phi) is 10.1. The average molecular weight is 655 g/mol. The van der Waals surface area contributed by atoms with Crippen LogP contribution >= 0.6 is 0 Å². The normalized spacial score (nSPS) is 21.8. The molecule has 4 saturated heterocycles.